The highest BCUT2D eigenvalue weighted by molar-refractivity contribution is 6.11. The van der Waals surface area contributed by atoms with Crippen LogP contribution in [0.4, 0.5) is 5.82 Å². The minimum Gasteiger partial charge on any atom is -0.383 e. The molecule has 0 unspecified atom stereocenters. The molecule has 1 aromatic carbocycles. The number of hydrogen-bond acceptors (Lipinski definition) is 3. The minimum atomic E-state index is 0.577. The number of nitrogen functional groups attached to an aromatic ring is 1. The SMILES string of the molecule is CCCCCCCCCCCCn1c2ccccc2c2c(N)ncnc21. The molecule has 2 N–H and O–H groups in total. The number of unbranched alkanes of at least 4 members (excludes halogenated alkanes) is 9. The molecule has 0 amide bonds. The zero-order valence-electron chi connectivity index (χ0n) is 16.1. The van der Waals surface area contributed by atoms with Crippen LogP contribution in [0.3, 0.4) is 0 Å². The highest BCUT2D eigenvalue weighted by Gasteiger charge is 2.13. The number of nitrogens with zero attached hydrogens (tertiary/aromatic N) is 3. The van der Waals surface area contributed by atoms with E-state index < -0.39 is 0 Å². The van der Waals surface area contributed by atoms with E-state index in [1.807, 2.05) is 0 Å². The van der Waals surface area contributed by atoms with Crippen LogP contribution in [-0.2, 0) is 6.54 Å². The number of rotatable bonds is 11. The lowest BCUT2D eigenvalue weighted by atomic mass is 10.1. The highest BCUT2D eigenvalue weighted by atomic mass is 15.1. The van der Waals surface area contributed by atoms with Crippen LogP contribution in [-0.4, -0.2) is 14.5 Å². The van der Waals surface area contributed by atoms with Crippen LogP contribution >= 0.6 is 0 Å². The average molecular weight is 353 g/mol. The van der Waals surface area contributed by atoms with Gasteiger partial charge in [-0.05, 0) is 12.5 Å². The summed E-state index contributed by atoms with van der Waals surface area (Å²) in [7, 11) is 0. The van der Waals surface area contributed by atoms with Gasteiger partial charge in [0.25, 0.3) is 0 Å². The molecule has 4 heteroatoms. The Bertz CT molecular complexity index is 821. The van der Waals surface area contributed by atoms with Gasteiger partial charge in [0.2, 0.25) is 0 Å². The molecule has 0 spiro atoms. The summed E-state index contributed by atoms with van der Waals surface area (Å²) in [5.74, 6) is 0.577. The van der Waals surface area contributed by atoms with E-state index in [1.54, 1.807) is 6.33 Å². The second kappa shape index (κ2) is 9.56. The molecule has 0 aliphatic rings. The van der Waals surface area contributed by atoms with Crippen LogP contribution in [0, 0.1) is 0 Å². The third kappa shape index (κ3) is 4.35. The molecule has 0 aliphatic carbocycles. The summed E-state index contributed by atoms with van der Waals surface area (Å²) in [4.78, 5) is 8.70. The fraction of sp³-hybridized carbons (Fsp3) is 0.545. The molecule has 140 valence electrons. The second-order valence-electron chi connectivity index (χ2n) is 7.31. The third-order valence-corrected chi connectivity index (χ3v) is 5.31. The van der Waals surface area contributed by atoms with Gasteiger partial charge in [-0.25, -0.2) is 9.97 Å². The van der Waals surface area contributed by atoms with Crippen molar-refractivity contribution in [3.63, 3.8) is 0 Å². The Morgan fingerprint density at radius 1 is 0.846 bits per heavy atom. The molecule has 0 saturated heterocycles. The largest absolute Gasteiger partial charge is 0.383 e. The van der Waals surface area contributed by atoms with Crippen LogP contribution in [0.1, 0.15) is 71.1 Å². The van der Waals surface area contributed by atoms with E-state index >= 15 is 0 Å². The van der Waals surface area contributed by atoms with Crippen molar-refractivity contribution >= 4 is 27.8 Å². The standard InChI is InChI=1S/C22H32N4/c1-2-3-4-5-6-7-8-9-10-13-16-26-19-15-12-11-14-18(19)20-21(23)24-17-25-22(20)26/h11-12,14-15,17H,2-10,13,16H2,1H3,(H2,23,24,25). The smallest absolute Gasteiger partial charge is 0.146 e. The summed E-state index contributed by atoms with van der Waals surface area (Å²) >= 11 is 0. The minimum absolute atomic E-state index is 0.577. The van der Waals surface area contributed by atoms with E-state index in [1.165, 1.54) is 69.7 Å². The van der Waals surface area contributed by atoms with E-state index in [9.17, 15) is 0 Å². The topological polar surface area (TPSA) is 56.7 Å². The number of fused-ring (bicyclic) bond motifs is 3. The molecular weight excluding hydrogens is 320 g/mol. The first-order valence-electron chi connectivity index (χ1n) is 10.3. The Balaban J connectivity index is 1.52. The van der Waals surface area contributed by atoms with Crippen LogP contribution in [0.25, 0.3) is 21.9 Å². The van der Waals surface area contributed by atoms with Crippen molar-refractivity contribution in [2.24, 2.45) is 0 Å². The molecule has 3 rings (SSSR count). The third-order valence-electron chi connectivity index (χ3n) is 5.31. The first-order chi connectivity index (χ1) is 12.8. The summed E-state index contributed by atoms with van der Waals surface area (Å²) in [6, 6.07) is 8.41. The van der Waals surface area contributed by atoms with Crippen LogP contribution in [0.15, 0.2) is 30.6 Å². The Kier molecular flexibility index (Phi) is 6.87. The Hall–Kier alpha value is -2.10. The monoisotopic (exact) mass is 352 g/mol. The van der Waals surface area contributed by atoms with Gasteiger partial charge in [-0.2, -0.15) is 0 Å². The zero-order chi connectivity index (χ0) is 18.2. The molecule has 3 aromatic rings. The van der Waals surface area contributed by atoms with Crippen molar-refractivity contribution in [3.8, 4) is 0 Å². The van der Waals surface area contributed by atoms with Crippen LogP contribution < -0.4 is 5.73 Å². The van der Waals surface area contributed by atoms with Crippen molar-refractivity contribution in [2.45, 2.75) is 77.7 Å². The number of benzene rings is 1. The molecule has 0 atom stereocenters. The van der Waals surface area contributed by atoms with Crippen molar-refractivity contribution in [2.75, 3.05) is 5.73 Å². The Morgan fingerprint density at radius 3 is 2.23 bits per heavy atom. The van der Waals surface area contributed by atoms with Crippen molar-refractivity contribution in [3.05, 3.63) is 30.6 Å². The summed E-state index contributed by atoms with van der Waals surface area (Å²) in [5.41, 5.74) is 8.31. The Labute approximate surface area is 156 Å². The predicted molar refractivity (Wildman–Crippen MR) is 111 cm³/mol. The first-order valence-corrected chi connectivity index (χ1v) is 10.3. The van der Waals surface area contributed by atoms with Gasteiger partial charge in [0.15, 0.2) is 0 Å². The molecule has 0 bridgehead atoms. The fourth-order valence-corrected chi connectivity index (χ4v) is 3.87. The molecule has 2 heterocycles. The molecular formula is C22H32N4. The van der Waals surface area contributed by atoms with Gasteiger partial charge in [0.1, 0.15) is 17.8 Å². The van der Waals surface area contributed by atoms with Gasteiger partial charge in [-0.1, -0.05) is 82.9 Å². The quantitative estimate of drug-likeness (QED) is 0.425. The molecule has 0 radical (unpaired) electrons. The van der Waals surface area contributed by atoms with E-state index in [4.69, 9.17) is 5.73 Å². The van der Waals surface area contributed by atoms with Crippen molar-refractivity contribution in [1.82, 2.24) is 14.5 Å². The Morgan fingerprint density at radius 2 is 1.50 bits per heavy atom. The molecule has 26 heavy (non-hydrogen) atoms. The molecule has 0 saturated carbocycles. The van der Waals surface area contributed by atoms with Gasteiger partial charge in [-0.15, -0.1) is 0 Å². The lowest BCUT2D eigenvalue weighted by molar-refractivity contribution is 0.541. The molecule has 2 aromatic heterocycles. The number of nitrogens with two attached hydrogens (primary N) is 1. The summed E-state index contributed by atoms with van der Waals surface area (Å²) in [5, 5.41) is 2.16. The maximum absolute atomic E-state index is 6.12. The van der Waals surface area contributed by atoms with Crippen LogP contribution in [0.2, 0.25) is 0 Å². The van der Waals surface area contributed by atoms with Gasteiger partial charge in [0.05, 0.1) is 10.9 Å². The number of anilines is 1. The summed E-state index contributed by atoms with van der Waals surface area (Å²) in [6.45, 7) is 3.27. The van der Waals surface area contributed by atoms with Gasteiger partial charge in [-0.3, -0.25) is 0 Å². The van der Waals surface area contributed by atoms with Crippen molar-refractivity contribution in [1.29, 1.82) is 0 Å². The maximum Gasteiger partial charge on any atom is 0.146 e. The number of hydrogen-bond donors (Lipinski definition) is 1. The molecule has 0 fully saturated rings. The summed E-state index contributed by atoms with van der Waals surface area (Å²) < 4.78 is 2.31. The van der Waals surface area contributed by atoms with Gasteiger partial charge >= 0.3 is 0 Å². The second-order valence-corrected chi connectivity index (χ2v) is 7.31. The zero-order valence-corrected chi connectivity index (χ0v) is 16.1. The number of aryl methyl sites for hydroxylation is 1. The summed E-state index contributed by atoms with van der Waals surface area (Å²) in [6.07, 6.45) is 15.1. The van der Waals surface area contributed by atoms with Crippen molar-refractivity contribution < 1.29 is 0 Å². The lowest BCUT2D eigenvalue weighted by Gasteiger charge is -2.07. The van der Waals surface area contributed by atoms with Crippen LogP contribution in [0.5, 0.6) is 0 Å². The number of aromatic nitrogens is 3. The fourth-order valence-electron chi connectivity index (χ4n) is 3.87. The predicted octanol–water partition coefficient (Wildman–Crippen LogP) is 6.09. The number of para-hydroxylation sites is 1. The average Bonchev–Trinajstić information content (AvgIpc) is 2.98. The first kappa shape index (κ1) is 18.7. The van der Waals surface area contributed by atoms with Gasteiger partial charge in [0, 0.05) is 11.9 Å². The van der Waals surface area contributed by atoms with E-state index in [0.717, 1.165) is 23.0 Å². The lowest BCUT2D eigenvalue weighted by Crippen LogP contribution is -2.00. The highest BCUT2D eigenvalue weighted by Crippen LogP contribution is 2.30. The maximum atomic E-state index is 6.12. The molecule has 0 aliphatic heterocycles. The van der Waals surface area contributed by atoms with E-state index in [0.29, 0.717) is 5.82 Å². The molecule has 4 nitrogen and oxygen atoms in total. The van der Waals surface area contributed by atoms with E-state index in [-0.39, 0.29) is 0 Å². The van der Waals surface area contributed by atoms with Gasteiger partial charge < -0.3 is 10.3 Å². The van der Waals surface area contributed by atoms with E-state index in [2.05, 4.69) is 45.7 Å². The normalized spacial score (nSPS) is 11.6.